The Bertz CT molecular complexity index is 471. The van der Waals surface area contributed by atoms with Crippen LogP contribution >= 0.6 is 11.8 Å². The highest BCUT2D eigenvalue weighted by Crippen LogP contribution is 2.14. The molecule has 1 atom stereocenters. The quantitative estimate of drug-likeness (QED) is 0.899. The molecule has 0 aliphatic carbocycles. The summed E-state index contributed by atoms with van der Waals surface area (Å²) in [5, 5.41) is 9.41. The predicted octanol–water partition coefficient (Wildman–Crippen LogP) is 1.69. The summed E-state index contributed by atoms with van der Waals surface area (Å²) in [7, 11) is 0. The van der Waals surface area contributed by atoms with Crippen LogP contribution in [0.2, 0.25) is 0 Å². The van der Waals surface area contributed by atoms with E-state index in [1.807, 2.05) is 23.1 Å². The minimum Gasteiger partial charge on any atom is -0.392 e. The van der Waals surface area contributed by atoms with Gasteiger partial charge in [-0.3, -0.25) is 9.69 Å². The molecular formula is C16H24N2O2S. The Morgan fingerprint density at radius 3 is 2.67 bits per heavy atom. The number of β-amino-alcohol motifs (C(OH)–C–C–N with tert-alkyl or cyclic N) is 1. The summed E-state index contributed by atoms with van der Waals surface area (Å²) in [6, 6.07) is 7.92. The SMILES string of the molecule is CSCc1cccc(C(=O)N2CCN(C[C@@H](C)O)CC2)c1. The van der Waals surface area contributed by atoms with Crippen LogP contribution in [0.4, 0.5) is 0 Å². The Morgan fingerprint density at radius 1 is 1.33 bits per heavy atom. The van der Waals surface area contributed by atoms with Gasteiger partial charge in [-0.25, -0.2) is 0 Å². The number of rotatable bonds is 5. The molecule has 21 heavy (non-hydrogen) atoms. The molecular weight excluding hydrogens is 284 g/mol. The van der Waals surface area contributed by atoms with Crippen LogP contribution in [0.1, 0.15) is 22.8 Å². The first-order valence-electron chi connectivity index (χ1n) is 7.37. The number of hydrogen-bond donors (Lipinski definition) is 1. The molecule has 1 aromatic rings. The molecule has 0 bridgehead atoms. The molecule has 1 N–H and O–H groups in total. The highest BCUT2D eigenvalue weighted by Gasteiger charge is 2.22. The number of carbonyl (C=O) groups excluding carboxylic acids is 1. The van der Waals surface area contributed by atoms with E-state index < -0.39 is 0 Å². The first-order valence-corrected chi connectivity index (χ1v) is 8.77. The van der Waals surface area contributed by atoms with E-state index in [9.17, 15) is 9.90 Å². The summed E-state index contributed by atoms with van der Waals surface area (Å²) in [6.45, 7) is 5.62. The summed E-state index contributed by atoms with van der Waals surface area (Å²) in [4.78, 5) is 16.7. The third kappa shape index (κ3) is 4.73. The predicted molar refractivity (Wildman–Crippen MR) is 87.7 cm³/mol. The van der Waals surface area contributed by atoms with Gasteiger partial charge >= 0.3 is 0 Å². The van der Waals surface area contributed by atoms with Crippen LogP contribution in [0.3, 0.4) is 0 Å². The summed E-state index contributed by atoms with van der Waals surface area (Å²) < 4.78 is 0. The summed E-state index contributed by atoms with van der Waals surface area (Å²) in [5.74, 6) is 1.05. The molecule has 116 valence electrons. The number of thioether (sulfide) groups is 1. The van der Waals surface area contributed by atoms with Gasteiger partial charge in [-0.2, -0.15) is 11.8 Å². The molecule has 1 aliphatic heterocycles. The number of aliphatic hydroxyl groups excluding tert-OH is 1. The summed E-state index contributed by atoms with van der Waals surface area (Å²) in [6.07, 6.45) is 1.76. The van der Waals surface area contributed by atoms with Crippen LogP contribution in [0.25, 0.3) is 0 Å². The van der Waals surface area contributed by atoms with E-state index in [0.29, 0.717) is 6.54 Å². The number of carbonyl (C=O) groups is 1. The zero-order valence-electron chi connectivity index (χ0n) is 12.8. The van der Waals surface area contributed by atoms with Gasteiger partial charge in [0.15, 0.2) is 0 Å². The molecule has 1 fully saturated rings. The van der Waals surface area contributed by atoms with Crippen LogP contribution in [-0.2, 0) is 5.75 Å². The average Bonchev–Trinajstić information content (AvgIpc) is 2.47. The molecule has 0 saturated carbocycles. The van der Waals surface area contributed by atoms with Crippen molar-refractivity contribution in [1.82, 2.24) is 9.80 Å². The Hall–Kier alpha value is -1.04. The van der Waals surface area contributed by atoms with Crippen LogP contribution in [0, 0.1) is 0 Å². The molecule has 1 heterocycles. The third-order valence-electron chi connectivity index (χ3n) is 3.67. The van der Waals surface area contributed by atoms with Gasteiger partial charge in [0.25, 0.3) is 5.91 Å². The molecule has 0 radical (unpaired) electrons. The molecule has 4 nitrogen and oxygen atoms in total. The second-order valence-electron chi connectivity index (χ2n) is 5.58. The van der Waals surface area contributed by atoms with Crippen molar-refractivity contribution in [3.63, 3.8) is 0 Å². The fourth-order valence-corrected chi connectivity index (χ4v) is 3.16. The number of aliphatic hydroxyl groups is 1. The third-order valence-corrected chi connectivity index (χ3v) is 4.29. The Kier molecular flexibility index (Phi) is 6.08. The van der Waals surface area contributed by atoms with E-state index in [0.717, 1.165) is 37.5 Å². The van der Waals surface area contributed by atoms with Crippen molar-refractivity contribution in [1.29, 1.82) is 0 Å². The fourth-order valence-electron chi connectivity index (χ4n) is 2.65. The molecule has 0 unspecified atom stereocenters. The Labute approximate surface area is 131 Å². The normalized spacial score (nSPS) is 17.8. The summed E-state index contributed by atoms with van der Waals surface area (Å²) in [5.41, 5.74) is 1.98. The van der Waals surface area contributed by atoms with Gasteiger partial charge in [-0.1, -0.05) is 12.1 Å². The molecule has 1 saturated heterocycles. The lowest BCUT2D eigenvalue weighted by atomic mass is 10.1. The average molecular weight is 308 g/mol. The van der Waals surface area contributed by atoms with Crippen LogP contribution in [0.5, 0.6) is 0 Å². The second-order valence-corrected chi connectivity index (χ2v) is 6.44. The summed E-state index contributed by atoms with van der Waals surface area (Å²) >= 11 is 1.76. The fraction of sp³-hybridized carbons (Fsp3) is 0.562. The molecule has 0 aromatic heterocycles. The van der Waals surface area contributed by atoms with Crippen molar-refractivity contribution in [3.8, 4) is 0 Å². The zero-order chi connectivity index (χ0) is 15.2. The van der Waals surface area contributed by atoms with Gasteiger partial charge in [0.05, 0.1) is 6.10 Å². The van der Waals surface area contributed by atoms with Crippen LogP contribution in [0.15, 0.2) is 24.3 Å². The van der Waals surface area contributed by atoms with E-state index in [2.05, 4.69) is 17.2 Å². The van der Waals surface area contributed by atoms with Crippen molar-refractivity contribution < 1.29 is 9.90 Å². The van der Waals surface area contributed by atoms with Crippen molar-refractivity contribution in [2.24, 2.45) is 0 Å². The first-order chi connectivity index (χ1) is 10.1. The zero-order valence-corrected chi connectivity index (χ0v) is 13.6. The smallest absolute Gasteiger partial charge is 0.253 e. The van der Waals surface area contributed by atoms with E-state index in [-0.39, 0.29) is 12.0 Å². The van der Waals surface area contributed by atoms with Gasteiger partial charge < -0.3 is 10.0 Å². The topological polar surface area (TPSA) is 43.8 Å². The lowest BCUT2D eigenvalue weighted by Gasteiger charge is -2.35. The second kappa shape index (κ2) is 7.82. The Morgan fingerprint density at radius 2 is 2.05 bits per heavy atom. The van der Waals surface area contributed by atoms with Gasteiger partial charge in [0, 0.05) is 44.0 Å². The maximum Gasteiger partial charge on any atom is 0.253 e. The molecule has 1 aromatic carbocycles. The van der Waals surface area contributed by atoms with Gasteiger partial charge in [-0.15, -0.1) is 0 Å². The van der Waals surface area contributed by atoms with Gasteiger partial charge in [-0.05, 0) is 30.9 Å². The standard InChI is InChI=1S/C16H24N2O2S/c1-13(19)11-17-6-8-18(9-7-17)16(20)15-5-3-4-14(10-15)12-21-2/h3-5,10,13,19H,6-9,11-12H2,1-2H3/t13-/m1/s1. The van der Waals surface area contributed by atoms with Crippen molar-refractivity contribution in [2.45, 2.75) is 18.8 Å². The maximum absolute atomic E-state index is 12.5. The largest absolute Gasteiger partial charge is 0.392 e. The van der Waals surface area contributed by atoms with Gasteiger partial charge in [0.2, 0.25) is 0 Å². The molecule has 1 amide bonds. The van der Waals surface area contributed by atoms with Crippen LogP contribution < -0.4 is 0 Å². The first kappa shape index (κ1) is 16.3. The lowest BCUT2D eigenvalue weighted by Crippen LogP contribution is -2.50. The van der Waals surface area contributed by atoms with Crippen molar-refractivity contribution in [3.05, 3.63) is 35.4 Å². The highest BCUT2D eigenvalue weighted by molar-refractivity contribution is 7.97. The minimum absolute atomic E-state index is 0.120. The number of piperazine rings is 1. The highest BCUT2D eigenvalue weighted by atomic mass is 32.2. The molecule has 0 spiro atoms. The number of benzene rings is 1. The number of hydrogen-bond acceptors (Lipinski definition) is 4. The lowest BCUT2D eigenvalue weighted by molar-refractivity contribution is 0.0554. The monoisotopic (exact) mass is 308 g/mol. The van der Waals surface area contributed by atoms with Gasteiger partial charge in [0.1, 0.15) is 0 Å². The van der Waals surface area contributed by atoms with E-state index in [1.54, 1.807) is 18.7 Å². The number of amides is 1. The van der Waals surface area contributed by atoms with Crippen molar-refractivity contribution in [2.75, 3.05) is 39.0 Å². The number of nitrogens with zero attached hydrogens (tertiary/aromatic N) is 2. The van der Waals surface area contributed by atoms with E-state index >= 15 is 0 Å². The van der Waals surface area contributed by atoms with E-state index in [4.69, 9.17) is 0 Å². The van der Waals surface area contributed by atoms with Crippen molar-refractivity contribution >= 4 is 17.7 Å². The van der Waals surface area contributed by atoms with E-state index in [1.165, 1.54) is 5.56 Å². The maximum atomic E-state index is 12.5. The Balaban J connectivity index is 1.94. The van der Waals surface area contributed by atoms with Crippen LogP contribution in [-0.4, -0.2) is 65.9 Å². The molecule has 1 aliphatic rings. The minimum atomic E-state index is -0.310. The molecule has 2 rings (SSSR count). The molecule has 5 heteroatoms.